The Labute approximate surface area is 224 Å². The van der Waals surface area contributed by atoms with Gasteiger partial charge in [0.25, 0.3) is 5.56 Å². The lowest BCUT2D eigenvalue weighted by Gasteiger charge is -2.21. The number of carboxylic acid groups (broad SMARTS) is 1. The highest BCUT2D eigenvalue weighted by Gasteiger charge is 2.23. The van der Waals surface area contributed by atoms with Crippen LogP contribution in [-0.4, -0.2) is 79.6 Å². The lowest BCUT2D eigenvalue weighted by Crippen LogP contribution is -2.37. The van der Waals surface area contributed by atoms with E-state index in [4.69, 9.17) is 0 Å². The number of hydrogen-bond acceptors (Lipinski definition) is 6. The summed E-state index contributed by atoms with van der Waals surface area (Å²) < 4.78 is 16.8. The van der Waals surface area contributed by atoms with Gasteiger partial charge in [0.05, 0.1) is 36.0 Å². The molecule has 12 nitrogen and oxygen atoms in total. The Morgan fingerprint density at radius 2 is 1.97 bits per heavy atom. The fourth-order valence-electron chi connectivity index (χ4n) is 4.01. The Morgan fingerprint density at radius 3 is 2.64 bits per heavy atom. The summed E-state index contributed by atoms with van der Waals surface area (Å²) in [5.41, 5.74) is 0.588. The first-order chi connectivity index (χ1) is 18.5. The van der Waals surface area contributed by atoms with Gasteiger partial charge in [-0.25, -0.2) is 19.2 Å². The van der Waals surface area contributed by atoms with Crippen molar-refractivity contribution in [2.24, 2.45) is 5.92 Å². The van der Waals surface area contributed by atoms with Crippen LogP contribution in [0.2, 0.25) is 0 Å². The molecule has 0 saturated heterocycles. The van der Waals surface area contributed by atoms with Gasteiger partial charge in [0.2, 0.25) is 11.8 Å². The summed E-state index contributed by atoms with van der Waals surface area (Å²) in [6, 6.07) is 4.29. The third-order valence-electron chi connectivity index (χ3n) is 6.15. The molecule has 39 heavy (non-hydrogen) atoms. The fraction of sp³-hybridized carbons (Fsp3) is 0.385. The Morgan fingerprint density at radius 1 is 1.23 bits per heavy atom. The van der Waals surface area contributed by atoms with Crippen LogP contribution in [0.1, 0.15) is 25.6 Å². The quantitative estimate of drug-likeness (QED) is 0.355. The molecule has 0 spiro atoms. The zero-order chi connectivity index (χ0) is 28.7. The summed E-state index contributed by atoms with van der Waals surface area (Å²) in [4.78, 5) is 60.3. The van der Waals surface area contributed by atoms with Crippen LogP contribution in [-0.2, 0) is 22.7 Å². The Kier molecular flexibility index (Phi) is 9.52. The van der Waals surface area contributed by atoms with Crippen molar-refractivity contribution in [1.29, 1.82) is 0 Å². The number of halogens is 1. The van der Waals surface area contributed by atoms with E-state index < -0.39 is 29.3 Å². The molecule has 0 radical (unpaired) electrons. The molecule has 3 rings (SSSR count). The van der Waals surface area contributed by atoms with Gasteiger partial charge in [0.1, 0.15) is 17.3 Å². The minimum absolute atomic E-state index is 0.0373. The SMILES string of the molecule is CCn1c(Cn2cncc(NC(=O)[C@@H](CC/C=C/C(=O)N(C)C)CN(C)C(=O)O)c2=O)nc2cc(F)ccc21. The molecule has 2 heterocycles. The number of rotatable bonds is 11. The Hall–Kier alpha value is -4.55. The van der Waals surface area contributed by atoms with Crippen LogP contribution in [0.15, 0.2) is 47.7 Å². The topological polar surface area (TPSA) is 143 Å². The summed E-state index contributed by atoms with van der Waals surface area (Å²) >= 11 is 0. The van der Waals surface area contributed by atoms with Gasteiger partial charge in [-0.3, -0.25) is 19.0 Å². The van der Waals surface area contributed by atoms with E-state index in [-0.39, 0.29) is 31.1 Å². The van der Waals surface area contributed by atoms with Crippen molar-refractivity contribution in [3.8, 4) is 0 Å². The van der Waals surface area contributed by atoms with Crippen molar-refractivity contribution in [1.82, 2.24) is 28.9 Å². The van der Waals surface area contributed by atoms with Gasteiger partial charge in [-0.05, 0) is 38.0 Å². The van der Waals surface area contributed by atoms with Crippen LogP contribution >= 0.6 is 0 Å². The van der Waals surface area contributed by atoms with Crippen molar-refractivity contribution in [2.75, 3.05) is 33.0 Å². The van der Waals surface area contributed by atoms with Crippen LogP contribution in [0.5, 0.6) is 0 Å². The number of allylic oxidation sites excluding steroid dienone is 1. The van der Waals surface area contributed by atoms with Gasteiger partial charge in [-0.1, -0.05) is 6.08 Å². The molecule has 208 valence electrons. The molecule has 2 aromatic heterocycles. The maximum absolute atomic E-state index is 13.7. The molecule has 3 aromatic rings. The summed E-state index contributed by atoms with van der Waals surface area (Å²) in [6.45, 7) is 2.38. The van der Waals surface area contributed by atoms with Crippen LogP contribution < -0.4 is 10.9 Å². The van der Waals surface area contributed by atoms with Crippen molar-refractivity contribution in [3.05, 3.63) is 64.9 Å². The van der Waals surface area contributed by atoms with Crippen molar-refractivity contribution < 1.29 is 23.9 Å². The van der Waals surface area contributed by atoms with E-state index in [1.807, 2.05) is 11.5 Å². The monoisotopic (exact) mass is 541 g/mol. The molecule has 0 aliphatic heterocycles. The lowest BCUT2D eigenvalue weighted by atomic mass is 10.0. The number of carbonyl (C=O) groups excluding carboxylic acids is 2. The van der Waals surface area contributed by atoms with E-state index in [2.05, 4.69) is 15.3 Å². The molecule has 0 bridgehead atoms. The number of anilines is 1. The third kappa shape index (κ3) is 7.27. The van der Waals surface area contributed by atoms with E-state index in [0.717, 1.165) is 10.4 Å². The van der Waals surface area contributed by atoms with E-state index in [9.17, 15) is 28.7 Å². The normalized spacial score (nSPS) is 12.0. The number of amides is 3. The van der Waals surface area contributed by atoms with E-state index in [1.165, 1.54) is 47.2 Å². The molecule has 3 amide bonds. The highest BCUT2D eigenvalue weighted by molar-refractivity contribution is 5.92. The summed E-state index contributed by atoms with van der Waals surface area (Å²) in [5, 5.41) is 11.9. The molecule has 13 heteroatoms. The minimum atomic E-state index is -1.20. The van der Waals surface area contributed by atoms with E-state index in [1.54, 1.807) is 26.2 Å². The van der Waals surface area contributed by atoms with E-state index >= 15 is 0 Å². The first-order valence-corrected chi connectivity index (χ1v) is 12.3. The number of hydrogen-bond donors (Lipinski definition) is 2. The maximum atomic E-state index is 13.7. The highest BCUT2D eigenvalue weighted by Crippen LogP contribution is 2.18. The van der Waals surface area contributed by atoms with Gasteiger partial charge >= 0.3 is 6.09 Å². The van der Waals surface area contributed by atoms with Crippen molar-refractivity contribution in [2.45, 2.75) is 32.9 Å². The molecule has 0 fully saturated rings. The second-order valence-corrected chi connectivity index (χ2v) is 9.21. The number of carbonyl (C=O) groups is 3. The van der Waals surface area contributed by atoms with Gasteiger partial charge < -0.3 is 24.8 Å². The first-order valence-electron chi connectivity index (χ1n) is 12.3. The number of fused-ring (bicyclic) bond motifs is 1. The van der Waals surface area contributed by atoms with Gasteiger partial charge in [-0.2, -0.15) is 0 Å². The average molecular weight is 542 g/mol. The van der Waals surface area contributed by atoms with Crippen LogP contribution in [0.25, 0.3) is 11.0 Å². The minimum Gasteiger partial charge on any atom is -0.465 e. The van der Waals surface area contributed by atoms with Crippen LogP contribution in [0.3, 0.4) is 0 Å². The third-order valence-corrected chi connectivity index (χ3v) is 6.15. The van der Waals surface area contributed by atoms with Gasteiger partial charge in [0.15, 0.2) is 0 Å². The second-order valence-electron chi connectivity index (χ2n) is 9.21. The summed E-state index contributed by atoms with van der Waals surface area (Å²) in [7, 11) is 4.57. The smallest absolute Gasteiger partial charge is 0.407 e. The summed E-state index contributed by atoms with van der Waals surface area (Å²) in [5.74, 6) is -1.45. The Bertz CT molecular complexity index is 1450. The van der Waals surface area contributed by atoms with Crippen LogP contribution in [0.4, 0.5) is 14.9 Å². The largest absolute Gasteiger partial charge is 0.465 e. The van der Waals surface area contributed by atoms with Gasteiger partial charge in [0, 0.05) is 40.3 Å². The number of likely N-dealkylation sites (N-methyl/N-ethyl adjacent to an activating group) is 1. The van der Waals surface area contributed by atoms with Crippen LogP contribution in [0, 0.1) is 11.7 Å². The number of benzene rings is 1. The fourth-order valence-corrected chi connectivity index (χ4v) is 4.01. The average Bonchev–Trinajstić information content (AvgIpc) is 3.23. The molecular weight excluding hydrogens is 509 g/mol. The molecule has 0 aliphatic carbocycles. The molecule has 0 aliphatic rings. The zero-order valence-electron chi connectivity index (χ0n) is 22.3. The second kappa shape index (κ2) is 12.8. The molecule has 0 saturated carbocycles. The first kappa shape index (κ1) is 29.0. The standard InChI is InChI=1S/C26H32FN7O5/c1-5-34-21-11-10-18(27)12-19(21)29-22(34)15-33-16-28-13-20(25(33)37)30-24(36)17(14-32(4)26(38)39)8-6-7-9-23(35)31(2)3/h7,9-13,16-17H,5-6,8,14-15H2,1-4H3,(H,30,36)(H,38,39)/b9-7+/t17-/m0/s1. The molecule has 2 N–H and O–H groups in total. The molecule has 0 unspecified atom stereocenters. The highest BCUT2D eigenvalue weighted by atomic mass is 19.1. The lowest BCUT2D eigenvalue weighted by molar-refractivity contribution is -0.123. The maximum Gasteiger partial charge on any atom is 0.407 e. The van der Waals surface area contributed by atoms with E-state index in [0.29, 0.717) is 24.3 Å². The molecule has 1 atom stereocenters. The number of aromatic nitrogens is 4. The Balaban J connectivity index is 1.80. The number of nitrogens with one attached hydrogen (secondary N) is 1. The summed E-state index contributed by atoms with van der Waals surface area (Å²) in [6.07, 6.45) is 4.93. The number of nitrogens with zero attached hydrogens (tertiary/aromatic N) is 6. The number of aryl methyl sites for hydroxylation is 1. The molecular formula is C26H32FN7O5. The molecule has 1 aromatic carbocycles. The van der Waals surface area contributed by atoms with Gasteiger partial charge in [-0.15, -0.1) is 0 Å². The predicted octanol–water partition coefficient (Wildman–Crippen LogP) is 2.39. The van der Waals surface area contributed by atoms with Crippen molar-refractivity contribution >= 4 is 34.6 Å². The van der Waals surface area contributed by atoms with Crippen molar-refractivity contribution in [3.63, 3.8) is 0 Å². The number of imidazole rings is 1. The zero-order valence-corrected chi connectivity index (χ0v) is 22.3. The predicted molar refractivity (Wildman–Crippen MR) is 143 cm³/mol.